The number of hydrogen-bond acceptors (Lipinski definition) is 4. The number of hydrogen-bond donors (Lipinski definition) is 1. The zero-order valence-corrected chi connectivity index (χ0v) is 13.2. The van der Waals surface area contributed by atoms with Crippen molar-refractivity contribution in [3.05, 3.63) is 0 Å². The van der Waals surface area contributed by atoms with Crippen LogP contribution in [-0.4, -0.2) is 49.2 Å². The van der Waals surface area contributed by atoms with Crippen LogP contribution in [0.3, 0.4) is 0 Å². The Morgan fingerprint density at radius 1 is 1.43 bits per heavy atom. The molecular weight excluding hydrogens is 266 g/mol. The Labute approximate surface area is 127 Å². The van der Waals surface area contributed by atoms with Crippen LogP contribution in [0.2, 0.25) is 0 Å². The minimum atomic E-state index is -0.702. The summed E-state index contributed by atoms with van der Waals surface area (Å²) < 4.78 is 5.74. The first kappa shape index (κ1) is 16.3. The Balaban J connectivity index is 1.77. The predicted octanol–water partition coefficient (Wildman–Crippen LogP) is 1.69. The molecule has 2 aliphatic rings. The maximum Gasteiger partial charge on any atom is 0.247 e. The van der Waals surface area contributed by atoms with Crippen LogP contribution in [-0.2, 0) is 9.53 Å². The van der Waals surface area contributed by atoms with Crippen LogP contribution in [0.5, 0.6) is 0 Å². The molecule has 5 nitrogen and oxygen atoms in total. The third-order valence-electron chi connectivity index (χ3n) is 4.77. The Kier molecular flexibility index (Phi) is 5.60. The van der Waals surface area contributed by atoms with Crippen LogP contribution in [0.25, 0.3) is 0 Å². The predicted molar refractivity (Wildman–Crippen MR) is 80.6 cm³/mol. The van der Waals surface area contributed by atoms with Gasteiger partial charge in [-0.2, -0.15) is 5.26 Å². The fourth-order valence-electron chi connectivity index (χ4n) is 3.29. The van der Waals surface area contributed by atoms with Gasteiger partial charge in [-0.15, -0.1) is 0 Å². The Morgan fingerprint density at radius 2 is 2.14 bits per heavy atom. The number of nitriles is 1. The summed E-state index contributed by atoms with van der Waals surface area (Å²) in [6, 6.07) is 2.30. The van der Waals surface area contributed by atoms with Crippen LogP contribution in [0, 0.1) is 17.2 Å². The van der Waals surface area contributed by atoms with Crippen LogP contribution < -0.4 is 5.32 Å². The van der Waals surface area contributed by atoms with E-state index in [0.29, 0.717) is 18.8 Å². The first-order valence-electron chi connectivity index (χ1n) is 8.05. The Hall–Kier alpha value is -1.12. The quantitative estimate of drug-likeness (QED) is 0.856. The summed E-state index contributed by atoms with van der Waals surface area (Å²) >= 11 is 0. The van der Waals surface area contributed by atoms with Crippen molar-refractivity contribution in [2.24, 2.45) is 5.92 Å². The van der Waals surface area contributed by atoms with E-state index in [1.807, 2.05) is 7.05 Å². The molecule has 0 aromatic carbocycles. The maximum atomic E-state index is 12.1. The van der Waals surface area contributed by atoms with E-state index >= 15 is 0 Å². The third kappa shape index (κ3) is 4.69. The van der Waals surface area contributed by atoms with Crippen molar-refractivity contribution in [1.82, 2.24) is 10.2 Å². The molecule has 5 heteroatoms. The number of likely N-dealkylation sites (tertiary alicyclic amines) is 1. The normalized spacial score (nSPS) is 29.6. The van der Waals surface area contributed by atoms with Crippen molar-refractivity contribution < 1.29 is 9.53 Å². The highest BCUT2D eigenvalue weighted by atomic mass is 16.5. The summed E-state index contributed by atoms with van der Waals surface area (Å²) in [5.74, 6) is 0.533. The molecular formula is C16H27N3O2. The van der Waals surface area contributed by atoms with E-state index in [-0.39, 0.29) is 18.6 Å². The molecule has 1 heterocycles. The second-order valence-electron chi connectivity index (χ2n) is 6.75. The summed E-state index contributed by atoms with van der Waals surface area (Å²) in [5, 5.41) is 12.3. The maximum absolute atomic E-state index is 12.1. The van der Waals surface area contributed by atoms with Gasteiger partial charge in [-0.25, -0.2) is 0 Å². The lowest BCUT2D eigenvalue weighted by molar-refractivity contribution is -0.130. The van der Waals surface area contributed by atoms with Gasteiger partial charge in [0.15, 0.2) is 0 Å². The molecule has 1 aliphatic carbocycles. The molecule has 1 aliphatic heterocycles. The van der Waals surface area contributed by atoms with Crippen LogP contribution in [0.4, 0.5) is 0 Å². The number of piperidine rings is 1. The molecule has 1 saturated carbocycles. The van der Waals surface area contributed by atoms with Crippen LogP contribution in [0.15, 0.2) is 0 Å². The van der Waals surface area contributed by atoms with Gasteiger partial charge in [0.2, 0.25) is 5.91 Å². The van der Waals surface area contributed by atoms with Gasteiger partial charge in [0.25, 0.3) is 0 Å². The number of ether oxygens (including phenoxy) is 1. The number of carbonyl (C=O) groups is 1. The lowest BCUT2D eigenvalue weighted by Crippen LogP contribution is -2.54. The minimum Gasteiger partial charge on any atom is -0.368 e. The van der Waals surface area contributed by atoms with E-state index in [0.717, 1.165) is 25.9 Å². The molecule has 0 aromatic heterocycles. The van der Waals surface area contributed by atoms with Gasteiger partial charge in [0.05, 0.1) is 12.2 Å². The Morgan fingerprint density at radius 3 is 2.76 bits per heavy atom. The molecule has 2 atom stereocenters. The van der Waals surface area contributed by atoms with Crippen molar-refractivity contribution in [2.75, 3.05) is 26.7 Å². The monoisotopic (exact) mass is 293 g/mol. The molecule has 2 fully saturated rings. The largest absolute Gasteiger partial charge is 0.368 e. The number of carbonyl (C=O) groups excluding carboxylic acids is 1. The van der Waals surface area contributed by atoms with E-state index in [1.165, 1.54) is 12.8 Å². The standard InChI is InChI=1S/C16H27N3O2/c1-13-4-3-5-14(10-13)21-11-15(20)18-16(12-17)6-8-19(2)9-7-16/h13-14H,3-11H2,1-2H3,(H,18,20)/t13-,14+/m1/s1. The number of rotatable bonds is 4. The molecule has 0 unspecified atom stereocenters. The summed E-state index contributed by atoms with van der Waals surface area (Å²) in [7, 11) is 2.04. The van der Waals surface area contributed by atoms with Gasteiger partial charge in [0, 0.05) is 13.1 Å². The van der Waals surface area contributed by atoms with Crippen LogP contribution >= 0.6 is 0 Å². The lowest BCUT2D eigenvalue weighted by atomic mass is 9.88. The number of amides is 1. The number of nitrogens with zero attached hydrogens (tertiary/aromatic N) is 2. The second kappa shape index (κ2) is 7.24. The van der Waals surface area contributed by atoms with E-state index < -0.39 is 5.54 Å². The molecule has 1 amide bonds. The van der Waals surface area contributed by atoms with Gasteiger partial charge in [-0.3, -0.25) is 4.79 Å². The topological polar surface area (TPSA) is 65.4 Å². The highest BCUT2D eigenvalue weighted by Crippen LogP contribution is 2.25. The summed E-state index contributed by atoms with van der Waals surface area (Å²) in [6.07, 6.45) is 6.11. The zero-order chi connectivity index (χ0) is 15.3. The highest BCUT2D eigenvalue weighted by molar-refractivity contribution is 5.78. The SMILES string of the molecule is C[C@@H]1CCC[C@H](OCC(=O)NC2(C#N)CCN(C)CC2)C1. The van der Waals surface area contributed by atoms with Gasteiger partial charge < -0.3 is 15.0 Å². The molecule has 0 bridgehead atoms. The van der Waals surface area contributed by atoms with Gasteiger partial charge in [-0.1, -0.05) is 19.8 Å². The average Bonchev–Trinajstić information content (AvgIpc) is 2.48. The Bertz CT molecular complexity index is 397. The van der Waals surface area contributed by atoms with Crippen molar-refractivity contribution in [3.63, 3.8) is 0 Å². The van der Waals surface area contributed by atoms with Crippen molar-refractivity contribution in [3.8, 4) is 6.07 Å². The second-order valence-corrected chi connectivity index (χ2v) is 6.75. The minimum absolute atomic E-state index is 0.0800. The molecule has 0 spiro atoms. The summed E-state index contributed by atoms with van der Waals surface area (Å²) in [4.78, 5) is 14.3. The van der Waals surface area contributed by atoms with Crippen molar-refractivity contribution in [2.45, 2.75) is 57.1 Å². The zero-order valence-electron chi connectivity index (χ0n) is 13.2. The van der Waals surface area contributed by atoms with Gasteiger partial charge in [0.1, 0.15) is 12.1 Å². The van der Waals surface area contributed by atoms with E-state index in [2.05, 4.69) is 23.2 Å². The molecule has 118 valence electrons. The molecule has 1 N–H and O–H groups in total. The molecule has 21 heavy (non-hydrogen) atoms. The smallest absolute Gasteiger partial charge is 0.247 e. The van der Waals surface area contributed by atoms with Crippen molar-refractivity contribution in [1.29, 1.82) is 5.26 Å². The summed E-state index contributed by atoms with van der Waals surface area (Å²) in [5.41, 5.74) is -0.702. The summed E-state index contributed by atoms with van der Waals surface area (Å²) in [6.45, 7) is 4.00. The highest BCUT2D eigenvalue weighted by Gasteiger charge is 2.35. The fourth-order valence-corrected chi connectivity index (χ4v) is 3.29. The molecule has 1 saturated heterocycles. The molecule has 0 aromatic rings. The van der Waals surface area contributed by atoms with Gasteiger partial charge in [-0.05, 0) is 38.6 Å². The van der Waals surface area contributed by atoms with Crippen molar-refractivity contribution >= 4 is 5.91 Å². The van der Waals surface area contributed by atoms with Crippen LogP contribution in [0.1, 0.15) is 45.4 Å². The van der Waals surface area contributed by atoms with Gasteiger partial charge >= 0.3 is 0 Å². The lowest BCUT2D eigenvalue weighted by Gasteiger charge is -2.36. The third-order valence-corrected chi connectivity index (χ3v) is 4.77. The first-order chi connectivity index (χ1) is 10.0. The van der Waals surface area contributed by atoms with E-state index in [1.54, 1.807) is 0 Å². The fraction of sp³-hybridized carbons (Fsp3) is 0.875. The molecule has 2 rings (SSSR count). The number of nitrogens with one attached hydrogen (secondary N) is 1. The molecule has 0 radical (unpaired) electrons. The van der Waals surface area contributed by atoms with E-state index in [9.17, 15) is 10.1 Å². The first-order valence-corrected chi connectivity index (χ1v) is 8.05. The average molecular weight is 293 g/mol. The van der Waals surface area contributed by atoms with E-state index in [4.69, 9.17) is 4.74 Å².